The third kappa shape index (κ3) is 9.18. The van der Waals surface area contributed by atoms with E-state index in [9.17, 15) is 0 Å². The number of hydrogen-bond acceptors (Lipinski definition) is 13. The number of aliphatic imine (C=N–C) groups is 1. The minimum Gasteiger partial charge on any atom is -0.497 e. The van der Waals surface area contributed by atoms with E-state index in [1.54, 1.807) is 30.2 Å². The molecule has 3 aliphatic rings. The zero-order valence-electron chi connectivity index (χ0n) is 35.1. The molecule has 318 valence electrons. The standard InChI is InChI=1S/C26H26N6OS.C20H21N5S.CH3I/c1-33-20-7-4-17(5-8-20)16-32-22-3-2-12-28-25(22)26(30-32)29-19-6-9-21-23(15-19)34-31-24(21)18-10-13-27-14-11-18;1-25-9-6-13(7-10-25)18-16-5-4-15(11-17(16)26-24-18)23-20-19-14(12-22-20)3-2-8-21-19;1-2/h2-9,12,15,18,27H,10-11,13-14,16H2,1H3,(H,29,30);2-5,8,11,13H,6-7,9-10,12H2,1H3,(H,22,23);1H3. The molecule has 0 unspecified atom stereocenters. The SMILES string of the molecule is CI.CN1CCC(c2nsc3cc(NC4=NCc5cccnc54)ccc23)CC1.COc1ccc(Cn2nc(Nc3ccc4c(C5CCNCC5)nsc4c3)c3ncccc32)cc1. The Morgan fingerprint density at radius 1 is 0.774 bits per heavy atom. The fraction of sp³-hybridized carbons (Fsp3) is 0.319. The highest BCUT2D eigenvalue weighted by atomic mass is 127. The van der Waals surface area contributed by atoms with Crippen LogP contribution in [0.1, 0.15) is 65.7 Å². The molecule has 0 atom stereocenters. The molecular formula is C47H50IN11OS2. The van der Waals surface area contributed by atoms with Gasteiger partial charge in [0.15, 0.2) is 11.7 Å². The molecule has 3 N–H and O–H groups in total. The summed E-state index contributed by atoms with van der Waals surface area (Å²) in [6.45, 7) is 5.83. The molecule has 2 fully saturated rings. The molecule has 15 heteroatoms. The molecule has 3 aliphatic heterocycles. The van der Waals surface area contributed by atoms with Gasteiger partial charge in [-0.05, 0) is 159 Å². The topological polar surface area (TPSA) is 130 Å². The lowest BCUT2D eigenvalue weighted by Gasteiger charge is -2.28. The molecule has 2 saturated heterocycles. The summed E-state index contributed by atoms with van der Waals surface area (Å²) in [4.78, 5) is 18.0. The normalized spacial score (nSPS) is 15.7. The summed E-state index contributed by atoms with van der Waals surface area (Å²) in [5.74, 6) is 3.61. The number of fused-ring (bicyclic) bond motifs is 4. The van der Waals surface area contributed by atoms with E-state index in [1.165, 1.54) is 50.0 Å². The molecule has 0 saturated carbocycles. The number of anilines is 3. The van der Waals surface area contributed by atoms with Gasteiger partial charge in [-0.3, -0.25) is 19.6 Å². The number of likely N-dealkylation sites (tertiary alicyclic amines) is 1. The molecule has 0 amide bonds. The highest BCUT2D eigenvalue weighted by Crippen LogP contribution is 2.37. The fourth-order valence-corrected chi connectivity index (χ4v) is 10.3. The number of methoxy groups -OCH3 is 1. The number of nitrogens with zero attached hydrogens (tertiary/aromatic N) is 8. The van der Waals surface area contributed by atoms with Crippen LogP contribution < -0.4 is 20.7 Å². The number of amidine groups is 1. The van der Waals surface area contributed by atoms with Crippen LogP contribution in [0, 0.1) is 0 Å². The van der Waals surface area contributed by atoms with Crippen LogP contribution in [0.3, 0.4) is 0 Å². The predicted molar refractivity (Wildman–Crippen MR) is 265 cm³/mol. The van der Waals surface area contributed by atoms with E-state index in [0.29, 0.717) is 24.9 Å². The molecule has 0 aliphatic carbocycles. The first kappa shape index (κ1) is 42.2. The minimum absolute atomic E-state index is 0.551. The Balaban J connectivity index is 0.000000157. The van der Waals surface area contributed by atoms with Gasteiger partial charge < -0.3 is 25.6 Å². The van der Waals surface area contributed by atoms with E-state index in [1.807, 2.05) is 46.3 Å². The summed E-state index contributed by atoms with van der Waals surface area (Å²) < 4.78 is 19.3. The number of nitrogens with one attached hydrogen (secondary N) is 3. The van der Waals surface area contributed by atoms with Crippen LogP contribution in [0.2, 0.25) is 0 Å². The smallest absolute Gasteiger partial charge is 0.179 e. The van der Waals surface area contributed by atoms with Crippen LogP contribution in [0.15, 0.2) is 102 Å². The van der Waals surface area contributed by atoms with Crippen LogP contribution in [0.5, 0.6) is 5.75 Å². The van der Waals surface area contributed by atoms with Crippen molar-refractivity contribution < 1.29 is 4.74 Å². The molecule has 3 aromatic carbocycles. The molecule has 12 nitrogen and oxygen atoms in total. The molecular weight excluding hydrogens is 926 g/mol. The number of hydrogen-bond donors (Lipinski definition) is 3. The second-order valence-corrected chi connectivity index (χ2v) is 17.4. The van der Waals surface area contributed by atoms with Crippen molar-refractivity contribution in [2.45, 2.75) is 50.6 Å². The summed E-state index contributed by atoms with van der Waals surface area (Å²) in [5, 5.41) is 17.8. The Bertz CT molecular complexity index is 2800. The van der Waals surface area contributed by atoms with Gasteiger partial charge in [-0.25, -0.2) is 0 Å². The van der Waals surface area contributed by atoms with Gasteiger partial charge in [-0.2, -0.15) is 13.8 Å². The first-order valence-corrected chi connectivity index (χ1v) is 24.8. The third-order valence-corrected chi connectivity index (χ3v) is 13.5. The van der Waals surface area contributed by atoms with Crippen LogP contribution in [0.4, 0.5) is 17.2 Å². The van der Waals surface area contributed by atoms with Gasteiger partial charge in [0.25, 0.3) is 0 Å². The number of rotatable bonds is 8. The van der Waals surface area contributed by atoms with Crippen molar-refractivity contribution in [1.82, 2.24) is 38.7 Å². The maximum absolute atomic E-state index is 5.28. The van der Waals surface area contributed by atoms with Gasteiger partial charge >= 0.3 is 0 Å². The molecule has 8 heterocycles. The summed E-state index contributed by atoms with van der Waals surface area (Å²) in [5.41, 5.74) is 9.73. The molecule has 5 aromatic heterocycles. The van der Waals surface area contributed by atoms with Crippen molar-refractivity contribution in [2.24, 2.45) is 4.99 Å². The van der Waals surface area contributed by atoms with Crippen molar-refractivity contribution in [3.8, 4) is 5.75 Å². The van der Waals surface area contributed by atoms with Crippen molar-refractivity contribution in [1.29, 1.82) is 0 Å². The Labute approximate surface area is 383 Å². The lowest BCUT2D eigenvalue weighted by molar-refractivity contribution is 0.254. The maximum atomic E-state index is 5.28. The molecule has 8 aromatic rings. The second kappa shape index (κ2) is 19.5. The van der Waals surface area contributed by atoms with Gasteiger partial charge in [-0.1, -0.05) is 40.8 Å². The number of aromatic nitrogens is 6. The Kier molecular flexibility index (Phi) is 13.3. The van der Waals surface area contributed by atoms with Gasteiger partial charge in [0.05, 0.1) is 46.5 Å². The Morgan fingerprint density at radius 2 is 1.42 bits per heavy atom. The largest absolute Gasteiger partial charge is 0.497 e. The van der Waals surface area contributed by atoms with Crippen molar-refractivity contribution in [2.75, 3.05) is 55.9 Å². The van der Waals surface area contributed by atoms with Crippen molar-refractivity contribution in [3.63, 3.8) is 0 Å². The number of alkyl halides is 1. The van der Waals surface area contributed by atoms with Gasteiger partial charge in [0, 0.05) is 51.9 Å². The van der Waals surface area contributed by atoms with Gasteiger partial charge in [0.2, 0.25) is 0 Å². The molecule has 0 spiro atoms. The van der Waals surface area contributed by atoms with Crippen LogP contribution in [-0.4, -0.2) is 84.5 Å². The molecule has 0 radical (unpaired) electrons. The fourth-order valence-electron chi connectivity index (χ4n) is 8.54. The monoisotopic (exact) mass is 975 g/mol. The number of pyridine rings is 2. The highest BCUT2D eigenvalue weighted by molar-refractivity contribution is 14.1. The second-order valence-electron chi connectivity index (χ2n) is 15.8. The number of halogens is 1. The van der Waals surface area contributed by atoms with Gasteiger partial charge in [0.1, 0.15) is 17.0 Å². The molecule has 11 rings (SSSR count). The minimum atomic E-state index is 0.551. The number of piperidine rings is 2. The lowest BCUT2D eigenvalue weighted by atomic mass is 9.92. The average molecular weight is 976 g/mol. The quantitative estimate of drug-likeness (QED) is 0.1000. The van der Waals surface area contributed by atoms with Crippen LogP contribution >= 0.6 is 45.7 Å². The Hall–Kier alpha value is -5.07. The zero-order chi connectivity index (χ0) is 42.4. The summed E-state index contributed by atoms with van der Waals surface area (Å²) in [7, 11) is 3.88. The average Bonchev–Trinajstić information content (AvgIpc) is 4.13. The summed E-state index contributed by atoms with van der Waals surface area (Å²) >= 11 is 5.34. The van der Waals surface area contributed by atoms with E-state index in [0.717, 1.165) is 90.1 Å². The predicted octanol–water partition coefficient (Wildman–Crippen LogP) is 10.2. The molecule has 62 heavy (non-hydrogen) atoms. The third-order valence-electron chi connectivity index (χ3n) is 11.9. The first-order valence-electron chi connectivity index (χ1n) is 21.1. The first-order chi connectivity index (χ1) is 30.6. The summed E-state index contributed by atoms with van der Waals surface area (Å²) in [6.07, 6.45) is 8.35. The number of ether oxygens (including phenoxy) is 1. The zero-order valence-corrected chi connectivity index (χ0v) is 38.9. The van der Waals surface area contributed by atoms with Crippen molar-refractivity contribution >= 4 is 99.9 Å². The maximum Gasteiger partial charge on any atom is 0.179 e. The summed E-state index contributed by atoms with van der Waals surface area (Å²) in [6, 6.07) is 29.2. The van der Waals surface area contributed by atoms with Crippen LogP contribution in [0.25, 0.3) is 31.2 Å². The lowest BCUT2D eigenvalue weighted by Crippen LogP contribution is -2.29. The van der Waals surface area contributed by atoms with Gasteiger partial charge in [-0.15, -0.1) is 0 Å². The highest BCUT2D eigenvalue weighted by Gasteiger charge is 2.24. The van der Waals surface area contributed by atoms with E-state index >= 15 is 0 Å². The van der Waals surface area contributed by atoms with E-state index in [-0.39, 0.29) is 0 Å². The van der Waals surface area contributed by atoms with Crippen LogP contribution in [-0.2, 0) is 13.1 Å². The Morgan fingerprint density at radius 3 is 2.11 bits per heavy atom. The number of benzene rings is 3. The molecule has 0 bridgehead atoms. The van der Waals surface area contributed by atoms with Crippen molar-refractivity contribution in [3.05, 3.63) is 126 Å². The van der Waals surface area contributed by atoms with E-state index in [4.69, 9.17) is 18.6 Å². The van der Waals surface area contributed by atoms with E-state index in [2.05, 4.69) is 126 Å². The van der Waals surface area contributed by atoms with E-state index < -0.39 is 0 Å².